The van der Waals surface area contributed by atoms with Gasteiger partial charge in [-0.3, -0.25) is 4.68 Å². The molecule has 21 heavy (non-hydrogen) atoms. The summed E-state index contributed by atoms with van der Waals surface area (Å²) in [6, 6.07) is 2.31. The largest absolute Gasteiger partial charge is 0.319 e. The Bertz CT molecular complexity index is 436. The van der Waals surface area contributed by atoms with Crippen LogP contribution in [0.5, 0.6) is 0 Å². The lowest BCUT2D eigenvalue weighted by Crippen LogP contribution is -2.34. The van der Waals surface area contributed by atoms with E-state index in [0.717, 1.165) is 36.6 Å². The molecule has 1 saturated carbocycles. The minimum Gasteiger partial charge on any atom is -0.319 e. The van der Waals surface area contributed by atoms with Crippen molar-refractivity contribution in [3.8, 4) is 0 Å². The first-order chi connectivity index (χ1) is 10.0. The number of nitrogens with one attached hydrogen (secondary N) is 1. The number of aromatic nitrogens is 2. The van der Waals surface area contributed by atoms with Crippen LogP contribution in [0.1, 0.15) is 51.4 Å². The van der Waals surface area contributed by atoms with Gasteiger partial charge in [-0.15, -0.1) is 0 Å². The van der Waals surface area contributed by atoms with Gasteiger partial charge in [0.25, 0.3) is 0 Å². The average Bonchev–Trinajstić information content (AvgIpc) is 2.81. The molecule has 0 aliphatic heterocycles. The second-order valence-corrected chi connectivity index (χ2v) is 7.20. The normalized spacial score (nSPS) is 26.5. The lowest BCUT2D eigenvalue weighted by Gasteiger charge is -2.38. The first-order valence-corrected chi connectivity index (χ1v) is 8.71. The van der Waals surface area contributed by atoms with Crippen molar-refractivity contribution in [2.75, 3.05) is 13.6 Å². The summed E-state index contributed by atoms with van der Waals surface area (Å²) in [5.74, 6) is 3.35. The van der Waals surface area contributed by atoms with Crippen molar-refractivity contribution in [3.63, 3.8) is 0 Å². The Morgan fingerprint density at radius 1 is 1.33 bits per heavy atom. The smallest absolute Gasteiger partial charge is 0.0624 e. The van der Waals surface area contributed by atoms with Crippen molar-refractivity contribution >= 4 is 0 Å². The van der Waals surface area contributed by atoms with E-state index in [-0.39, 0.29) is 0 Å². The van der Waals surface area contributed by atoms with Gasteiger partial charge in [0.1, 0.15) is 0 Å². The summed E-state index contributed by atoms with van der Waals surface area (Å²) in [6.07, 6.45) is 6.40. The molecule has 0 amide bonds. The molecule has 1 fully saturated rings. The van der Waals surface area contributed by atoms with Crippen molar-refractivity contribution in [1.82, 2.24) is 15.1 Å². The van der Waals surface area contributed by atoms with Crippen molar-refractivity contribution in [2.24, 2.45) is 30.7 Å². The molecule has 1 aromatic heterocycles. The van der Waals surface area contributed by atoms with E-state index in [9.17, 15) is 0 Å². The highest BCUT2D eigenvalue weighted by Crippen LogP contribution is 2.39. The summed E-state index contributed by atoms with van der Waals surface area (Å²) < 4.78 is 2.11. The zero-order valence-corrected chi connectivity index (χ0v) is 14.5. The van der Waals surface area contributed by atoms with Gasteiger partial charge in [-0.05, 0) is 75.4 Å². The molecule has 0 bridgehead atoms. The zero-order valence-electron chi connectivity index (χ0n) is 14.5. The Morgan fingerprint density at radius 2 is 2.10 bits per heavy atom. The van der Waals surface area contributed by atoms with Crippen molar-refractivity contribution < 1.29 is 0 Å². The number of rotatable bonds is 6. The summed E-state index contributed by atoms with van der Waals surface area (Å²) >= 11 is 0. The summed E-state index contributed by atoms with van der Waals surface area (Å²) in [5.41, 5.74) is 2.65. The van der Waals surface area contributed by atoms with Crippen LogP contribution in [0, 0.1) is 23.7 Å². The molecule has 0 spiro atoms. The number of hydrogen-bond acceptors (Lipinski definition) is 2. The van der Waals surface area contributed by atoms with E-state index in [1.807, 2.05) is 0 Å². The van der Waals surface area contributed by atoms with E-state index in [0.29, 0.717) is 0 Å². The van der Waals surface area contributed by atoms with Gasteiger partial charge in [-0.1, -0.05) is 20.8 Å². The van der Waals surface area contributed by atoms with Crippen LogP contribution >= 0.6 is 0 Å². The third-order valence-electron chi connectivity index (χ3n) is 5.45. The van der Waals surface area contributed by atoms with Gasteiger partial charge >= 0.3 is 0 Å². The molecule has 2 rings (SSSR count). The minimum atomic E-state index is 0.804. The van der Waals surface area contributed by atoms with Crippen molar-refractivity contribution in [3.05, 3.63) is 17.5 Å². The van der Waals surface area contributed by atoms with E-state index in [4.69, 9.17) is 0 Å². The lowest BCUT2D eigenvalue weighted by molar-refractivity contribution is 0.144. The first-order valence-electron chi connectivity index (χ1n) is 8.71. The number of hydrogen-bond donors (Lipinski definition) is 1. The fraction of sp³-hybridized carbons (Fsp3) is 0.833. The molecule has 1 aromatic rings. The molecule has 1 aliphatic rings. The van der Waals surface area contributed by atoms with E-state index < -0.39 is 0 Å². The van der Waals surface area contributed by atoms with Crippen LogP contribution in [-0.4, -0.2) is 23.4 Å². The third-order valence-corrected chi connectivity index (χ3v) is 5.45. The fourth-order valence-corrected chi connectivity index (χ4v) is 3.95. The monoisotopic (exact) mass is 291 g/mol. The van der Waals surface area contributed by atoms with Gasteiger partial charge in [-0.25, -0.2) is 0 Å². The van der Waals surface area contributed by atoms with Crippen LogP contribution in [0.4, 0.5) is 0 Å². The fourth-order valence-electron chi connectivity index (χ4n) is 3.95. The SMILES string of the molecule is CCc1cc(CC2CC(C(C)C)CCC2CNC)n(C)n1. The molecular weight excluding hydrogens is 258 g/mol. The summed E-state index contributed by atoms with van der Waals surface area (Å²) in [6.45, 7) is 8.12. The molecule has 3 atom stereocenters. The zero-order chi connectivity index (χ0) is 15.4. The van der Waals surface area contributed by atoms with Gasteiger partial charge in [0.2, 0.25) is 0 Å². The quantitative estimate of drug-likeness (QED) is 0.870. The molecule has 3 nitrogen and oxygen atoms in total. The highest BCUT2D eigenvalue weighted by molar-refractivity contribution is 5.11. The number of aryl methyl sites for hydroxylation is 2. The molecule has 1 N–H and O–H groups in total. The minimum absolute atomic E-state index is 0.804. The lowest BCUT2D eigenvalue weighted by atomic mass is 9.69. The Morgan fingerprint density at radius 3 is 2.67 bits per heavy atom. The summed E-state index contributed by atoms with van der Waals surface area (Å²) in [5, 5.41) is 8.03. The molecule has 1 aliphatic carbocycles. The second-order valence-electron chi connectivity index (χ2n) is 7.20. The predicted octanol–water partition coefficient (Wildman–Crippen LogP) is 3.43. The molecular formula is C18H33N3. The molecule has 1 heterocycles. The third kappa shape index (κ3) is 4.09. The Balaban J connectivity index is 2.09. The Kier molecular flexibility index (Phi) is 5.86. The maximum absolute atomic E-state index is 4.62. The highest BCUT2D eigenvalue weighted by atomic mass is 15.3. The Hall–Kier alpha value is -0.830. The maximum Gasteiger partial charge on any atom is 0.0624 e. The van der Waals surface area contributed by atoms with Crippen molar-refractivity contribution in [1.29, 1.82) is 0 Å². The summed E-state index contributed by atoms with van der Waals surface area (Å²) in [4.78, 5) is 0. The standard InChI is InChI=1S/C18H33N3/c1-6-17-11-18(21(5)20-17)10-16-9-14(13(2)3)7-8-15(16)12-19-4/h11,13-16,19H,6-10,12H2,1-5H3. The number of nitrogens with zero attached hydrogens (tertiary/aromatic N) is 2. The van der Waals surface area contributed by atoms with E-state index in [1.54, 1.807) is 0 Å². The van der Waals surface area contributed by atoms with Crippen LogP contribution in [0.25, 0.3) is 0 Å². The van der Waals surface area contributed by atoms with Crippen LogP contribution in [-0.2, 0) is 19.9 Å². The molecule has 0 aromatic carbocycles. The van der Waals surface area contributed by atoms with Gasteiger partial charge in [0.15, 0.2) is 0 Å². The average molecular weight is 291 g/mol. The first kappa shape index (κ1) is 16.5. The van der Waals surface area contributed by atoms with Crippen LogP contribution in [0.15, 0.2) is 6.07 Å². The van der Waals surface area contributed by atoms with Crippen LogP contribution in [0.3, 0.4) is 0 Å². The van der Waals surface area contributed by atoms with Crippen molar-refractivity contribution in [2.45, 2.75) is 52.9 Å². The van der Waals surface area contributed by atoms with Gasteiger partial charge < -0.3 is 5.32 Å². The molecule has 3 unspecified atom stereocenters. The van der Waals surface area contributed by atoms with E-state index in [1.165, 1.54) is 37.1 Å². The Labute approximate surface area is 130 Å². The molecule has 3 heteroatoms. The molecule has 0 saturated heterocycles. The highest BCUT2D eigenvalue weighted by Gasteiger charge is 2.32. The van der Waals surface area contributed by atoms with Gasteiger partial charge in [-0.2, -0.15) is 5.10 Å². The topological polar surface area (TPSA) is 29.9 Å². The summed E-state index contributed by atoms with van der Waals surface area (Å²) in [7, 11) is 4.19. The second kappa shape index (κ2) is 7.44. The van der Waals surface area contributed by atoms with E-state index in [2.05, 4.69) is 56.0 Å². The maximum atomic E-state index is 4.62. The van der Waals surface area contributed by atoms with E-state index >= 15 is 0 Å². The van der Waals surface area contributed by atoms with Gasteiger partial charge in [0.05, 0.1) is 5.69 Å². The molecule has 0 radical (unpaired) electrons. The van der Waals surface area contributed by atoms with Gasteiger partial charge in [0, 0.05) is 12.7 Å². The van der Waals surface area contributed by atoms with Crippen LogP contribution in [0.2, 0.25) is 0 Å². The predicted molar refractivity (Wildman–Crippen MR) is 89.4 cm³/mol. The van der Waals surface area contributed by atoms with Crippen LogP contribution < -0.4 is 5.32 Å². The molecule has 120 valence electrons.